The number of hydrogen-bond acceptors (Lipinski definition) is 4. The normalized spacial score (nSPS) is 16.6. The van der Waals surface area contributed by atoms with E-state index < -0.39 is 20.0 Å². The highest BCUT2D eigenvalue weighted by Crippen LogP contribution is 2.27. The van der Waals surface area contributed by atoms with Crippen LogP contribution in [0.25, 0.3) is 0 Å². The summed E-state index contributed by atoms with van der Waals surface area (Å²) in [5.74, 6) is 0. The molecular formula is C18H22N2O4S2. The van der Waals surface area contributed by atoms with Crippen LogP contribution in [0.4, 0.5) is 0 Å². The van der Waals surface area contributed by atoms with E-state index in [4.69, 9.17) is 0 Å². The highest BCUT2D eigenvalue weighted by molar-refractivity contribution is 7.89. The van der Waals surface area contributed by atoms with E-state index in [-0.39, 0.29) is 21.9 Å². The Bertz CT molecular complexity index is 968. The Hall–Kier alpha value is -1.74. The number of rotatable bonds is 7. The molecule has 0 heterocycles. The van der Waals surface area contributed by atoms with Gasteiger partial charge < -0.3 is 0 Å². The van der Waals surface area contributed by atoms with Gasteiger partial charge in [-0.2, -0.15) is 4.31 Å². The highest BCUT2D eigenvalue weighted by Gasteiger charge is 2.29. The zero-order valence-electron chi connectivity index (χ0n) is 14.7. The summed E-state index contributed by atoms with van der Waals surface area (Å²) in [6.45, 7) is 1.81. The molecule has 6 nitrogen and oxygen atoms in total. The third kappa shape index (κ3) is 3.98. The number of nitrogens with one attached hydrogen (secondary N) is 1. The molecule has 1 N–H and O–H groups in total. The van der Waals surface area contributed by atoms with Crippen molar-refractivity contribution in [1.82, 2.24) is 9.03 Å². The van der Waals surface area contributed by atoms with E-state index in [0.717, 1.165) is 18.4 Å². The lowest BCUT2D eigenvalue weighted by Gasteiger charge is -2.24. The van der Waals surface area contributed by atoms with Gasteiger partial charge in [0.25, 0.3) is 0 Å². The van der Waals surface area contributed by atoms with Crippen LogP contribution in [-0.2, 0) is 20.0 Å². The van der Waals surface area contributed by atoms with Crippen molar-refractivity contribution in [3.8, 4) is 0 Å². The van der Waals surface area contributed by atoms with E-state index in [2.05, 4.69) is 4.72 Å². The van der Waals surface area contributed by atoms with Gasteiger partial charge in [-0.05, 0) is 49.6 Å². The molecule has 140 valence electrons. The fourth-order valence-electron chi connectivity index (χ4n) is 2.60. The molecule has 1 atom stereocenters. The molecule has 2 aromatic carbocycles. The smallest absolute Gasteiger partial charge is 0.208 e. The van der Waals surface area contributed by atoms with Gasteiger partial charge in [-0.15, -0.1) is 0 Å². The number of hydrogen-bond donors (Lipinski definition) is 1. The van der Waals surface area contributed by atoms with Gasteiger partial charge in [-0.1, -0.05) is 30.3 Å². The van der Waals surface area contributed by atoms with E-state index in [0.29, 0.717) is 0 Å². The molecule has 1 aliphatic rings. The molecule has 1 unspecified atom stereocenters. The lowest BCUT2D eigenvalue weighted by molar-refractivity contribution is 0.398. The summed E-state index contributed by atoms with van der Waals surface area (Å²) in [7, 11) is -5.82. The van der Waals surface area contributed by atoms with Gasteiger partial charge in [0.05, 0.1) is 9.79 Å². The molecule has 1 aliphatic carbocycles. The summed E-state index contributed by atoms with van der Waals surface area (Å²) in [4.78, 5) is 0.135. The summed E-state index contributed by atoms with van der Waals surface area (Å²) >= 11 is 0. The topological polar surface area (TPSA) is 83.6 Å². The predicted molar refractivity (Wildman–Crippen MR) is 99.6 cm³/mol. The standard InChI is InChI=1S/C18H22N2O4S2/c1-14(15-6-4-3-5-7-15)20(2)26(23,24)18-12-10-17(11-13-18)25(21,22)19-16-8-9-16/h3-7,10-14,16,19H,8-9H2,1-2H3. The molecule has 1 fully saturated rings. The molecule has 0 aromatic heterocycles. The molecule has 2 aromatic rings. The van der Waals surface area contributed by atoms with Crippen LogP contribution in [0.1, 0.15) is 31.4 Å². The molecule has 26 heavy (non-hydrogen) atoms. The largest absolute Gasteiger partial charge is 0.243 e. The summed E-state index contributed by atoms with van der Waals surface area (Å²) in [6, 6.07) is 14.3. The van der Waals surface area contributed by atoms with E-state index in [9.17, 15) is 16.8 Å². The maximum Gasteiger partial charge on any atom is 0.243 e. The van der Waals surface area contributed by atoms with Crippen LogP contribution >= 0.6 is 0 Å². The van der Waals surface area contributed by atoms with Gasteiger partial charge in [0.1, 0.15) is 0 Å². The van der Waals surface area contributed by atoms with Crippen molar-refractivity contribution >= 4 is 20.0 Å². The minimum absolute atomic E-state index is 0.00117. The summed E-state index contributed by atoms with van der Waals surface area (Å²) in [5.41, 5.74) is 0.881. The molecule has 0 bridgehead atoms. The molecule has 3 rings (SSSR count). The van der Waals surface area contributed by atoms with Crippen LogP contribution in [0.5, 0.6) is 0 Å². The summed E-state index contributed by atoms with van der Waals surface area (Å²) < 4.78 is 54.0. The van der Waals surface area contributed by atoms with Crippen molar-refractivity contribution in [2.24, 2.45) is 0 Å². The Labute approximate surface area is 155 Å². The third-order valence-electron chi connectivity index (χ3n) is 4.54. The van der Waals surface area contributed by atoms with Gasteiger partial charge in [-0.25, -0.2) is 21.6 Å². The Balaban J connectivity index is 1.83. The Morgan fingerprint density at radius 2 is 1.46 bits per heavy atom. The monoisotopic (exact) mass is 394 g/mol. The molecule has 0 aliphatic heterocycles. The van der Waals surface area contributed by atoms with Gasteiger partial charge in [0.2, 0.25) is 20.0 Å². The van der Waals surface area contributed by atoms with Gasteiger partial charge in [-0.3, -0.25) is 0 Å². The molecular weight excluding hydrogens is 372 g/mol. The molecule has 0 radical (unpaired) electrons. The average molecular weight is 395 g/mol. The maximum atomic E-state index is 12.9. The average Bonchev–Trinajstić information content (AvgIpc) is 3.44. The molecule has 0 saturated heterocycles. The molecule has 1 saturated carbocycles. The number of nitrogens with zero attached hydrogens (tertiary/aromatic N) is 1. The minimum atomic E-state index is -3.74. The van der Waals surface area contributed by atoms with Crippen molar-refractivity contribution in [1.29, 1.82) is 0 Å². The number of benzene rings is 2. The van der Waals surface area contributed by atoms with Crippen LogP contribution in [0.3, 0.4) is 0 Å². The van der Waals surface area contributed by atoms with Crippen LogP contribution in [0, 0.1) is 0 Å². The zero-order valence-corrected chi connectivity index (χ0v) is 16.3. The van der Waals surface area contributed by atoms with Crippen molar-refractivity contribution < 1.29 is 16.8 Å². The lowest BCUT2D eigenvalue weighted by atomic mass is 10.1. The van der Waals surface area contributed by atoms with Gasteiger partial charge >= 0.3 is 0 Å². The first kappa shape index (κ1) is 19.0. The van der Waals surface area contributed by atoms with Gasteiger partial charge in [0, 0.05) is 19.1 Å². The van der Waals surface area contributed by atoms with Crippen molar-refractivity contribution in [2.45, 2.75) is 41.6 Å². The van der Waals surface area contributed by atoms with Crippen molar-refractivity contribution in [3.63, 3.8) is 0 Å². The highest BCUT2D eigenvalue weighted by atomic mass is 32.2. The van der Waals surface area contributed by atoms with E-state index >= 15 is 0 Å². The second-order valence-corrected chi connectivity index (χ2v) is 10.2. The van der Waals surface area contributed by atoms with Crippen LogP contribution in [-0.4, -0.2) is 34.2 Å². The number of sulfonamides is 2. The predicted octanol–water partition coefficient (Wildman–Crippen LogP) is 2.51. The second kappa shape index (κ2) is 7.11. The molecule has 0 amide bonds. The van der Waals surface area contributed by atoms with E-state index in [1.165, 1.54) is 35.6 Å². The van der Waals surface area contributed by atoms with E-state index in [1.807, 2.05) is 37.3 Å². The Morgan fingerprint density at radius 3 is 2.00 bits per heavy atom. The maximum absolute atomic E-state index is 12.9. The first-order chi connectivity index (χ1) is 12.2. The van der Waals surface area contributed by atoms with Gasteiger partial charge in [0.15, 0.2) is 0 Å². The fourth-order valence-corrected chi connectivity index (χ4v) is 5.25. The van der Waals surface area contributed by atoms with Crippen molar-refractivity contribution in [3.05, 3.63) is 60.2 Å². The summed E-state index contributed by atoms with van der Waals surface area (Å²) in [6.07, 6.45) is 1.68. The quantitative estimate of drug-likeness (QED) is 0.782. The van der Waals surface area contributed by atoms with Crippen LogP contribution in [0.2, 0.25) is 0 Å². The van der Waals surface area contributed by atoms with Crippen molar-refractivity contribution in [2.75, 3.05) is 7.05 Å². The minimum Gasteiger partial charge on any atom is -0.208 e. The first-order valence-electron chi connectivity index (χ1n) is 8.37. The SMILES string of the molecule is CC(c1ccccc1)N(C)S(=O)(=O)c1ccc(S(=O)(=O)NC2CC2)cc1. The lowest BCUT2D eigenvalue weighted by Crippen LogP contribution is -2.30. The molecule has 8 heteroatoms. The summed E-state index contributed by atoms with van der Waals surface area (Å²) in [5, 5.41) is 0. The molecule has 0 spiro atoms. The first-order valence-corrected chi connectivity index (χ1v) is 11.3. The second-order valence-electron chi connectivity index (χ2n) is 6.47. The Morgan fingerprint density at radius 1 is 0.923 bits per heavy atom. The zero-order chi connectivity index (χ0) is 18.9. The van der Waals surface area contributed by atoms with Crippen LogP contribution < -0.4 is 4.72 Å². The third-order valence-corrected chi connectivity index (χ3v) is 8.02. The Kier molecular flexibility index (Phi) is 5.21. The van der Waals surface area contributed by atoms with E-state index in [1.54, 1.807) is 0 Å². The van der Waals surface area contributed by atoms with Crippen LogP contribution in [0.15, 0.2) is 64.4 Å². The fraction of sp³-hybridized carbons (Fsp3) is 0.333.